The molecule has 0 heterocycles. The van der Waals surface area contributed by atoms with Crippen molar-refractivity contribution in [3.05, 3.63) is 121 Å². The number of rotatable bonds is 7. The lowest BCUT2D eigenvalue weighted by Gasteiger charge is -2.22. The third-order valence-electron chi connectivity index (χ3n) is 4.15. The molecule has 4 aromatic carbocycles. The molecule has 0 amide bonds. The van der Waals surface area contributed by atoms with Crippen LogP contribution in [-0.4, -0.2) is 0 Å². The highest BCUT2D eigenvalue weighted by Crippen LogP contribution is 2.65. The molecule has 4 aromatic rings. The van der Waals surface area contributed by atoms with Crippen molar-refractivity contribution >= 4 is 56.3 Å². The van der Waals surface area contributed by atoms with E-state index < -0.39 is 14.2 Å². The maximum absolute atomic E-state index is 2.26. The third kappa shape index (κ3) is 5.07. The van der Waals surface area contributed by atoms with Crippen molar-refractivity contribution in [1.82, 2.24) is 0 Å². The van der Waals surface area contributed by atoms with Crippen molar-refractivity contribution < 1.29 is 0 Å². The van der Waals surface area contributed by atoms with E-state index in [9.17, 15) is 0 Å². The zero-order valence-corrected chi connectivity index (χ0v) is 18.7. The van der Waals surface area contributed by atoms with Gasteiger partial charge in [-0.25, -0.2) is 0 Å². The number of hydrogen-bond donors (Lipinski definition) is 0. The molecule has 0 N–H and O–H groups in total. The molecule has 0 radical (unpaired) electrons. The van der Waals surface area contributed by atoms with E-state index in [0.717, 1.165) is 0 Å². The zero-order chi connectivity index (χ0) is 19.0. The van der Waals surface area contributed by atoms with Gasteiger partial charge in [-0.1, -0.05) is 142 Å². The van der Waals surface area contributed by atoms with E-state index in [2.05, 4.69) is 121 Å². The molecule has 0 bridgehead atoms. The SMILES string of the molecule is c1ccc(P(SSP(c2ccccc2)c2ccccc2)c2ccccc2)cc1. The van der Waals surface area contributed by atoms with Crippen molar-refractivity contribution in [1.29, 1.82) is 0 Å². The topological polar surface area (TPSA) is 0 Å². The molecular formula is C24H20P2S2. The average molecular weight is 435 g/mol. The van der Waals surface area contributed by atoms with Crippen LogP contribution in [0, 0.1) is 0 Å². The fraction of sp³-hybridized carbons (Fsp3) is 0. The van der Waals surface area contributed by atoms with Gasteiger partial charge in [-0.3, -0.25) is 0 Å². The molecule has 0 spiro atoms. The average Bonchev–Trinajstić information content (AvgIpc) is 2.79. The van der Waals surface area contributed by atoms with Crippen LogP contribution >= 0.6 is 35.1 Å². The molecule has 138 valence electrons. The molecule has 0 fully saturated rings. The first-order valence-corrected chi connectivity index (χ1v) is 15.1. The number of benzene rings is 4. The van der Waals surface area contributed by atoms with E-state index in [-0.39, 0.29) is 0 Å². The molecule has 0 aromatic heterocycles. The first-order valence-electron chi connectivity index (χ1n) is 9.07. The summed E-state index contributed by atoms with van der Waals surface area (Å²) in [6, 6.07) is 43.7. The molecule has 0 atom stereocenters. The van der Waals surface area contributed by atoms with E-state index in [1.54, 1.807) is 0 Å². The van der Waals surface area contributed by atoms with Crippen LogP contribution in [0.5, 0.6) is 0 Å². The summed E-state index contributed by atoms with van der Waals surface area (Å²) in [6.07, 6.45) is 0. The molecule has 0 saturated carbocycles. The maximum atomic E-state index is 2.26. The van der Waals surface area contributed by atoms with Crippen molar-refractivity contribution in [3.63, 3.8) is 0 Å². The summed E-state index contributed by atoms with van der Waals surface area (Å²) in [5.41, 5.74) is 0. The molecule has 28 heavy (non-hydrogen) atoms. The molecule has 0 aliphatic heterocycles. The van der Waals surface area contributed by atoms with E-state index in [4.69, 9.17) is 0 Å². The van der Waals surface area contributed by atoms with Crippen LogP contribution in [0.4, 0.5) is 0 Å². The molecule has 4 heteroatoms. The molecule has 0 aliphatic carbocycles. The van der Waals surface area contributed by atoms with Gasteiger partial charge in [0.05, 0.1) is 0 Å². The summed E-state index contributed by atoms with van der Waals surface area (Å²) in [6.45, 7) is 0. The predicted octanol–water partition coefficient (Wildman–Crippen LogP) is 6.46. The second-order valence-corrected chi connectivity index (χ2v) is 15.4. The summed E-state index contributed by atoms with van der Waals surface area (Å²) in [4.78, 5) is 0. The first-order chi connectivity index (χ1) is 13.9. The van der Waals surface area contributed by atoms with Gasteiger partial charge in [0.1, 0.15) is 0 Å². The summed E-state index contributed by atoms with van der Waals surface area (Å²) in [5.74, 6) is 0. The van der Waals surface area contributed by atoms with Gasteiger partial charge in [0.2, 0.25) is 0 Å². The predicted molar refractivity (Wildman–Crippen MR) is 133 cm³/mol. The molecule has 0 aliphatic rings. The van der Waals surface area contributed by atoms with Crippen LogP contribution in [0.15, 0.2) is 121 Å². The lowest BCUT2D eigenvalue weighted by atomic mass is 10.4. The van der Waals surface area contributed by atoms with Gasteiger partial charge in [0.25, 0.3) is 0 Å². The fourth-order valence-corrected chi connectivity index (χ4v) is 16.4. The van der Waals surface area contributed by atoms with Gasteiger partial charge in [0, 0.05) is 14.2 Å². The van der Waals surface area contributed by atoms with E-state index in [1.807, 2.05) is 20.8 Å². The van der Waals surface area contributed by atoms with Crippen molar-refractivity contribution in [2.45, 2.75) is 0 Å². The van der Waals surface area contributed by atoms with Crippen molar-refractivity contribution in [2.75, 3.05) is 0 Å². The highest BCUT2D eigenvalue weighted by Gasteiger charge is 2.20. The molecule has 0 nitrogen and oxygen atoms in total. The van der Waals surface area contributed by atoms with Crippen LogP contribution < -0.4 is 21.2 Å². The van der Waals surface area contributed by atoms with E-state index >= 15 is 0 Å². The molecule has 4 rings (SSSR count). The third-order valence-corrected chi connectivity index (χ3v) is 16.3. The molecule has 0 saturated heterocycles. The van der Waals surface area contributed by atoms with Gasteiger partial charge in [0.15, 0.2) is 0 Å². The fourth-order valence-electron chi connectivity index (χ4n) is 2.79. The Morgan fingerprint density at radius 2 is 0.536 bits per heavy atom. The second kappa shape index (κ2) is 10.3. The lowest BCUT2D eigenvalue weighted by Crippen LogP contribution is -2.10. The highest BCUT2D eigenvalue weighted by molar-refractivity contribution is 9.15. The Morgan fingerprint density at radius 1 is 0.321 bits per heavy atom. The Labute approximate surface area is 177 Å². The van der Waals surface area contributed by atoms with Gasteiger partial charge in [-0.2, -0.15) is 0 Å². The van der Waals surface area contributed by atoms with Crippen LogP contribution in [0.3, 0.4) is 0 Å². The van der Waals surface area contributed by atoms with Crippen LogP contribution in [0.2, 0.25) is 0 Å². The van der Waals surface area contributed by atoms with Crippen LogP contribution in [0.1, 0.15) is 0 Å². The van der Waals surface area contributed by atoms with E-state index in [1.165, 1.54) is 21.2 Å². The second-order valence-electron chi connectivity index (χ2n) is 6.08. The summed E-state index contributed by atoms with van der Waals surface area (Å²) in [7, 11) is 3.14. The Morgan fingerprint density at radius 3 is 0.750 bits per heavy atom. The number of hydrogen-bond acceptors (Lipinski definition) is 2. The lowest BCUT2D eigenvalue weighted by molar-refractivity contribution is 1.76. The Hall–Kier alpha value is -1.56. The van der Waals surface area contributed by atoms with Gasteiger partial charge in [-0.15, -0.1) is 0 Å². The monoisotopic (exact) mass is 434 g/mol. The van der Waals surface area contributed by atoms with Crippen molar-refractivity contribution in [2.24, 2.45) is 0 Å². The highest BCUT2D eigenvalue weighted by atomic mass is 33.5. The van der Waals surface area contributed by atoms with Gasteiger partial charge < -0.3 is 0 Å². The van der Waals surface area contributed by atoms with Crippen molar-refractivity contribution in [3.8, 4) is 0 Å². The van der Waals surface area contributed by atoms with Crippen LogP contribution in [-0.2, 0) is 0 Å². The van der Waals surface area contributed by atoms with Crippen LogP contribution in [0.25, 0.3) is 0 Å². The minimum Gasteiger partial charge on any atom is -0.0622 e. The Kier molecular flexibility index (Phi) is 7.25. The normalized spacial score (nSPS) is 11.1. The zero-order valence-electron chi connectivity index (χ0n) is 15.3. The summed E-state index contributed by atoms with van der Waals surface area (Å²) < 4.78 is 0. The standard InChI is InChI=1S/C24H20P2S2/c1-5-13-21(14-6-1)25(22-15-7-2-8-16-22)27-28-26(23-17-9-3-10-18-23)24-19-11-4-12-20-24/h1-20H. The maximum Gasteiger partial charge on any atom is 0.0278 e. The minimum absolute atomic E-state index is 0.468. The smallest absolute Gasteiger partial charge is 0.0278 e. The first kappa shape index (κ1) is 19.7. The quantitative estimate of drug-likeness (QED) is 0.242. The Bertz CT molecular complexity index is 802. The molecular weight excluding hydrogens is 414 g/mol. The minimum atomic E-state index is -0.468. The Balaban J connectivity index is 1.64. The summed E-state index contributed by atoms with van der Waals surface area (Å²) in [5, 5.41) is 5.66. The van der Waals surface area contributed by atoms with Gasteiger partial charge >= 0.3 is 0 Å². The largest absolute Gasteiger partial charge is 0.0622 e. The summed E-state index contributed by atoms with van der Waals surface area (Å²) >= 11 is 0. The van der Waals surface area contributed by atoms with E-state index in [0.29, 0.717) is 0 Å². The van der Waals surface area contributed by atoms with Gasteiger partial charge in [-0.05, 0) is 21.2 Å². The molecule has 0 unspecified atom stereocenters.